The number of ether oxygens (including phenoxy) is 1. The van der Waals surface area contributed by atoms with E-state index in [1.165, 1.54) is 6.07 Å². The van der Waals surface area contributed by atoms with Gasteiger partial charge in [0.05, 0.1) is 11.6 Å². The van der Waals surface area contributed by atoms with Crippen molar-refractivity contribution in [2.75, 3.05) is 7.11 Å². The van der Waals surface area contributed by atoms with Crippen LogP contribution in [0.5, 0.6) is 5.75 Å². The molecule has 3 N–H and O–H groups in total. The number of benzene rings is 2. The van der Waals surface area contributed by atoms with Crippen LogP contribution in [-0.2, 0) is 6.42 Å². The summed E-state index contributed by atoms with van der Waals surface area (Å²) >= 11 is 3.20. The number of hydrogen-bond acceptors (Lipinski definition) is 3. The number of hydrogen-bond donors (Lipinski definition) is 2. The maximum Gasteiger partial charge on any atom is 0.137 e. The smallest absolute Gasteiger partial charge is 0.137 e. The third kappa shape index (κ3) is 3.81. The van der Waals surface area contributed by atoms with Crippen LogP contribution in [0.3, 0.4) is 0 Å². The second-order valence-electron chi connectivity index (χ2n) is 4.90. The molecule has 5 heteroatoms. The monoisotopic (exact) mass is 352 g/mol. The van der Waals surface area contributed by atoms with Gasteiger partial charge >= 0.3 is 0 Å². The summed E-state index contributed by atoms with van der Waals surface area (Å²) in [5.41, 5.74) is 5.93. The molecule has 0 aliphatic heterocycles. The first-order valence-corrected chi connectivity index (χ1v) is 7.39. The third-order valence-corrected chi connectivity index (χ3v) is 4.05. The van der Waals surface area contributed by atoms with Gasteiger partial charge in [-0.1, -0.05) is 18.2 Å². The predicted molar refractivity (Wildman–Crippen MR) is 85.6 cm³/mol. The van der Waals surface area contributed by atoms with Crippen molar-refractivity contribution in [3.05, 3.63) is 63.4 Å². The summed E-state index contributed by atoms with van der Waals surface area (Å²) in [5, 5.41) is 0. The topological polar surface area (TPSA) is 47.3 Å². The Morgan fingerprint density at radius 3 is 2.62 bits per heavy atom. The highest BCUT2D eigenvalue weighted by Gasteiger charge is 2.13. The first-order valence-electron chi connectivity index (χ1n) is 6.59. The average molecular weight is 353 g/mol. The van der Waals surface area contributed by atoms with E-state index in [4.69, 9.17) is 10.6 Å². The number of nitrogens with one attached hydrogen (secondary N) is 1. The highest BCUT2D eigenvalue weighted by Crippen LogP contribution is 2.25. The van der Waals surface area contributed by atoms with Crippen molar-refractivity contribution >= 4 is 15.9 Å². The Morgan fingerprint density at radius 1 is 1.29 bits per heavy atom. The molecule has 0 bridgehead atoms. The molecule has 1 atom stereocenters. The van der Waals surface area contributed by atoms with E-state index in [1.807, 2.05) is 25.1 Å². The lowest BCUT2D eigenvalue weighted by molar-refractivity contribution is 0.411. The second kappa shape index (κ2) is 7.02. The fourth-order valence-electron chi connectivity index (χ4n) is 2.29. The van der Waals surface area contributed by atoms with Crippen LogP contribution in [0.1, 0.15) is 22.7 Å². The van der Waals surface area contributed by atoms with Gasteiger partial charge in [0.1, 0.15) is 11.6 Å². The van der Waals surface area contributed by atoms with E-state index in [-0.39, 0.29) is 11.9 Å². The zero-order valence-electron chi connectivity index (χ0n) is 12.0. The minimum atomic E-state index is -0.267. The van der Waals surface area contributed by atoms with Gasteiger partial charge in [-0.05, 0) is 64.2 Å². The molecule has 0 spiro atoms. The van der Waals surface area contributed by atoms with Gasteiger partial charge in [0, 0.05) is 6.04 Å². The van der Waals surface area contributed by atoms with Crippen molar-refractivity contribution in [3.63, 3.8) is 0 Å². The molecule has 2 aromatic rings. The Labute approximate surface area is 132 Å². The minimum Gasteiger partial charge on any atom is -0.496 e. The zero-order chi connectivity index (χ0) is 15.4. The molecule has 0 aromatic heterocycles. The standard InChI is InChI=1S/C16H18BrFN2O/c1-10-7-12(4-6-16(10)21-2)15(20-19)9-11-3-5-14(18)13(17)8-11/h3-8,15,20H,9,19H2,1-2H3. The molecule has 1 unspecified atom stereocenters. The van der Waals surface area contributed by atoms with Gasteiger partial charge in [-0.3, -0.25) is 11.3 Å². The molecule has 112 valence electrons. The van der Waals surface area contributed by atoms with Crippen molar-refractivity contribution in [1.29, 1.82) is 0 Å². The van der Waals surface area contributed by atoms with Crippen molar-refractivity contribution in [1.82, 2.24) is 5.43 Å². The van der Waals surface area contributed by atoms with Crippen LogP contribution in [0.15, 0.2) is 40.9 Å². The van der Waals surface area contributed by atoms with Crippen LogP contribution >= 0.6 is 15.9 Å². The van der Waals surface area contributed by atoms with E-state index >= 15 is 0 Å². The van der Waals surface area contributed by atoms with Gasteiger partial charge in [-0.25, -0.2) is 4.39 Å². The van der Waals surface area contributed by atoms with E-state index in [0.29, 0.717) is 10.9 Å². The summed E-state index contributed by atoms with van der Waals surface area (Å²) in [5.74, 6) is 6.25. The molecule has 0 amide bonds. The van der Waals surface area contributed by atoms with Gasteiger partial charge in [0.2, 0.25) is 0 Å². The minimum absolute atomic E-state index is 0.0491. The van der Waals surface area contributed by atoms with Crippen LogP contribution in [0.4, 0.5) is 4.39 Å². The Balaban J connectivity index is 2.23. The van der Waals surface area contributed by atoms with Gasteiger partial charge in [0.25, 0.3) is 0 Å². The number of aryl methyl sites for hydroxylation is 1. The van der Waals surface area contributed by atoms with Crippen molar-refractivity contribution < 1.29 is 9.13 Å². The molecule has 0 radical (unpaired) electrons. The average Bonchev–Trinajstić information content (AvgIpc) is 2.48. The lowest BCUT2D eigenvalue weighted by Gasteiger charge is -2.18. The summed E-state index contributed by atoms with van der Waals surface area (Å²) < 4.78 is 19.0. The lowest BCUT2D eigenvalue weighted by Crippen LogP contribution is -2.29. The molecule has 0 saturated carbocycles. The van der Waals surface area contributed by atoms with Gasteiger partial charge in [-0.2, -0.15) is 0 Å². The molecular weight excluding hydrogens is 335 g/mol. The largest absolute Gasteiger partial charge is 0.496 e. The molecule has 21 heavy (non-hydrogen) atoms. The fraction of sp³-hybridized carbons (Fsp3) is 0.250. The first-order chi connectivity index (χ1) is 10.0. The Kier molecular flexibility index (Phi) is 5.33. The van der Waals surface area contributed by atoms with Crippen molar-refractivity contribution in [2.24, 2.45) is 5.84 Å². The highest BCUT2D eigenvalue weighted by atomic mass is 79.9. The summed E-state index contributed by atoms with van der Waals surface area (Å²) in [4.78, 5) is 0. The summed E-state index contributed by atoms with van der Waals surface area (Å²) in [7, 11) is 1.65. The van der Waals surface area contributed by atoms with Crippen LogP contribution in [0.25, 0.3) is 0 Å². The quantitative estimate of drug-likeness (QED) is 0.637. The fourth-order valence-corrected chi connectivity index (χ4v) is 2.72. The number of hydrazine groups is 1. The van der Waals surface area contributed by atoms with Crippen LogP contribution in [0.2, 0.25) is 0 Å². The van der Waals surface area contributed by atoms with Gasteiger partial charge < -0.3 is 4.74 Å². The predicted octanol–water partition coefficient (Wildman–Crippen LogP) is 3.65. The Bertz CT molecular complexity index is 634. The molecule has 3 nitrogen and oxygen atoms in total. The molecule has 0 aliphatic rings. The number of methoxy groups -OCH3 is 1. The van der Waals surface area contributed by atoms with Crippen LogP contribution in [-0.4, -0.2) is 7.11 Å². The number of rotatable bonds is 5. The molecule has 2 rings (SSSR count). The second-order valence-corrected chi connectivity index (χ2v) is 5.76. The maximum absolute atomic E-state index is 13.3. The van der Waals surface area contributed by atoms with E-state index in [2.05, 4.69) is 21.4 Å². The van der Waals surface area contributed by atoms with Crippen LogP contribution in [0, 0.1) is 12.7 Å². The van der Waals surface area contributed by atoms with E-state index < -0.39 is 0 Å². The van der Waals surface area contributed by atoms with Crippen molar-refractivity contribution in [3.8, 4) is 5.75 Å². The van der Waals surface area contributed by atoms with Crippen LogP contribution < -0.4 is 16.0 Å². The van der Waals surface area contributed by atoms with Gasteiger partial charge in [0.15, 0.2) is 0 Å². The number of nitrogens with two attached hydrogens (primary N) is 1. The zero-order valence-corrected chi connectivity index (χ0v) is 13.6. The SMILES string of the molecule is COc1ccc(C(Cc2ccc(F)c(Br)c2)NN)cc1C. The molecular formula is C16H18BrFN2O. The maximum atomic E-state index is 13.3. The third-order valence-electron chi connectivity index (χ3n) is 3.45. The Hall–Kier alpha value is -1.43. The molecule has 0 saturated heterocycles. The first kappa shape index (κ1) is 15.9. The molecule has 0 fully saturated rings. The van der Waals surface area contributed by atoms with E-state index in [0.717, 1.165) is 22.4 Å². The van der Waals surface area contributed by atoms with Gasteiger partial charge in [-0.15, -0.1) is 0 Å². The summed E-state index contributed by atoms with van der Waals surface area (Å²) in [6, 6.07) is 10.9. The highest BCUT2D eigenvalue weighted by molar-refractivity contribution is 9.10. The van der Waals surface area contributed by atoms with Crippen molar-refractivity contribution in [2.45, 2.75) is 19.4 Å². The summed E-state index contributed by atoms with van der Waals surface area (Å²) in [6.45, 7) is 1.99. The Morgan fingerprint density at radius 2 is 2.05 bits per heavy atom. The summed E-state index contributed by atoms with van der Waals surface area (Å²) in [6.07, 6.45) is 0.668. The lowest BCUT2D eigenvalue weighted by atomic mass is 9.98. The molecule has 2 aromatic carbocycles. The molecule has 0 heterocycles. The number of halogens is 2. The van der Waals surface area contributed by atoms with E-state index in [9.17, 15) is 4.39 Å². The molecule has 0 aliphatic carbocycles. The van der Waals surface area contributed by atoms with E-state index in [1.54, 1.807) is 19.2 Å². The normalized spacial score (nSPS) is 12.2.